The molecule has 1 aliphatic heterocycles. The standard InChI is InChI=1S/C19H22BrN3O/c1-13-9-16(20)11-17(18(13)21)22-19(24)15-6-4-5-14(10-15)12-23-7-2-3-8-23/h4-6,9-11H,2-3,7-8,12,21H2,1H3,(H,22,24). The van der Waals surface area contributed by atoms with E-state index in [1.54, 1.807) is 0 Å². The number of nitrogen functional groups attached to an aromatic ring is 1. The molecule has 1 amide bonds. The Balaban J connectivity index is 1.75. The molecule has 2 aromatic rings. The molecule has 126 valence electrons. The molecule has 1 aliphatic rings. The Bertz CT molecular complexity index is 754. The maximum Gasteiger partial charge on any atom is 0.255 e. The Morgan fingerprint density at radius 2 is 2.00 bits per heavy atom. The van der Waals surface area contributed by atoms with Gasteiger partial charge in [0.25, 0.3) is 5.91 Å². The molecule has 0 aromatic heterocycles. The van der Waals surface area contributed by atoms with E-state index in [2.05, 4.69) is 32.2 Å². The maximum absolute atomic E-state index is 12.6. The van der Waals surface area contributed by atoms with Gasteiger partial charge in [0.2, 0.25) is 0 Å². The van der Waals surface area contributed by atoms with Crippen LogP contribution in [0.25, 0.3) is 0 Å². The fourth-order valence-electron chi connectivity index (χ4n) is 3.06. The number of hydrogen-bond donors (Lipinski definition) is 2. The second-order valence-electron chi connectivity index (χ2n) is 6.32. The zero-order valence-electron chi connectivity index (χ0n) is 13.8. The lowest BCUT2D eigenvalue weighted by molar-refractivity contribution is 0.102. The molecule has 1 saturated heterocycles. The largest absolute Gasteiger partial charge is 0.397 e. The van der Waals surface area contributed by atoms with Crippen molar-refractivity contribution < 1.29 is 4.79 Å². The summed E-state index contributed by atoms with van der Waals surface area (Å²) in [6.45, 7) is 5.11. The molecule has 0 radical (unpaired) electrons. The van der Waals surface area contributed by atoms with Gasteiger partial charge >= 0.3 is 0 Å². The van der Waals surface area contributed by atoms with Crippen molar-refractivity contribution in [2.75, 3.05) is 24.1 Å². The number of carbonyl (C=O) groups excluding carboxylic acids is 1. The molecule has 0 unspecified atom stereocenters. The average Bonchev–Trinajstić information content (AvgIpc) is 3.05. The second-order valence-corrected chi connectivity index (χ2v) is 7.24. The predicted octanol–water partition coefficient (Wildman–Crippen LogP) is 4.19. The average molecular weight is 388 g/mol. The Hall–Kier alpha value is -1.85. The monoisotopic (exact) mass is 387 g/mol. The van der Waals surface area contributed by atoms with Gasteiger partial charge in [-0.2, -0.15) is 0 Å². The molecule has 0 atom stereocenters. The minimum Gasteiger partial charge on any atom is -0.397 e. The number of likely N-dealkylation sites (tertiary alicyclic amines) is 1. The molecule has 0 bridgehead atoms. The number of amides is 1. The summed E-state index contributed by atoms with van der Waals surface area (Å²) in [5, 5.41) is 2.92. The first-order valence-corrected chi connectivity index (χ1v) is 9.00. The van der Waals surface area contributed by atoms with Crippen LogP contribution in [0.2, 0.25) is 0 Å². The molecule has 4 nitrogen and oxygen atoms in total. The lowest BCUT2D eigenvalue weighted by Gasteiger charge is -2.15. The smallest absolute Gasteiger partial charge is 0.255 e. The van der Waals surface area contributed by atoms with E-state index < -0.39 is 0 Å². The van der Waals surface area contributed by atoms with Crippen LogP contribution in [0.15, 0.2) is 40.9 Å². The molecule has 2 aromatic carbocycles. The van der Waals surface area contributed by atoms with Crippen LogP contribution < -0.4 is 11.1 Å². The number of hydrogen-bond acceptors (Lipinski definition) is 3. The van der Waals surface area contributed by atoms with Crippen LogP contribution in [0.4, 0.5) is 11.4 Å². The summed E-state index contributed by atoms with van der Waals surface area (Å²) in [5.74, 6) is -0.137. The van der Waals surface area contributed by atoms with E-state index >= 15 is 0 Å². The van der Waals surface area contributed by atoms with Crippen LogP contribution in [0.1, 0.15) is 34.3 Å². The van der Waals surface area contributed by atoms with E-state index in [0.29, 0.717) is 16.9 Å². The van der Waals surface area contributed by atoms with Gasteiger partial charge in [-0.15, -0.1) is 0 Å². The van der Waals surface area contributed by atoms with Gasteiger partial charge in [0.05, 0.1) is 11.4 Å². The van der Waals surface area contributed by atoms with Crippen molar-refractivity contribution in [2.45, 2.75) is 26.3 Å². The number of halogens is 1. The van der Waals surface area contributed by atoms with Gasteiger partial charge in [0.15, 0.2) is 0 Å². The third-order valence-electron chi connectivity index (χ3n) is 4.39. The first-order valence-electron chi connectivity index (χ1n) is 8.21. The van der Waals surface area contributed by atoms with E-state index in [-0.39, 0.29) is 5.91 Å². The lowest BCUT2D eigenvalue weighted by atomic mass is 10.1. The van der Waals surface area contributed by atoms with Crippen molar-refractivity contribution in [1.29, 1.82) is 0 Å². The van der Waals surface area contributed by atoms with Crippen LogP contribution in [0.3, 0.4) is 0 Å². The minimum atomic E-state index is -0.137. The highest BCUT2D eigenvalue weighted by atomic mass is 79.9. The minimum absolute atomic E-state index is 0.137. The third-order valence-corrected chi connectivity index (χ3v) is 4.85. The zero-order chi connectivity index (χ0) is 17.1. The van der Waals surface area contributed by atoms with Gasteiger partial charge < -0.3 is 11.1 Å². The number of rotatable bonds is 4. The second kappa shape index (κ2) is 7.36. The number of nitrogens with two attached hydrogens (primary N) is 1. The Kier molecular flexibility index (Phi) is 5.21. The molecule has 0 aliphatic carbocycles. The molecule has 1 heterocycles. The third kappa shape index (κ3) is 3.97. The summed E-state index contributed by atoms with van der Waals surface area (Å²) in [7, 11) is 0. The van der Waals surface area contributed by atoms with Gasteiger partial charge in [-0.3, -0.25) is 9.69 Å². The molecule has 24 heavy (non-hydrogen) atoms. The van der Waals surface area contributed by atoms with Crippen molar-refractivity contribution in [2.24, 2.45) is 0 Å². The summed E-state index contributed by atoms with van der Waals surface area (Å²) in [6, 6.07) is 11.6. The molecular weight excluding hydrogens is 366 g/mol. The van der Waals surface area contributed by atoms with E-state index in [1.165, 1.54) is 18.4 Å². The van der Waals surface area contributed by atoms with E-state index in [9.17, 15) is 4.79 Å². The van der Waals surface area contributed by atoms with Crippen molar-refractivity contribution in [3.63, 3.8) is 0 Å². The number of aryl methyl sites for hydroxylation is 1. The number of nitrogens with zero attached hydrogens (tertiary/aromatic N) is 1. The van der Waals surface area contributed by atoms with Crippen LogP contribution in [-0.4, -0.2) is 23.9 Å². The van der Waals surface area contributed by atoms with Crippen LogP contribution >= 0.6 is 15.9 Å². The van der Waals surface area contributed by atoms with E-state index in [0.717, 1.165) is 29.7 Å². The summed E-state index contributed by atoms with van der Waals surface area (Å²) < 4.78 is 0.896. The molecular formula is C19H22BrN3O. The summed E-state index contributed by atoms with van der Waals surface area (Å²) in [4.78, 5) is 15.0. The molecule has 3 rings (SSSR count). The first kappa shape index (κ1) is 17.0. The number of nitrogens with one attached hydrogen (secondary N) is 1. The maximum atomic E-state index is 12.6. The van der Waals surface area contributed by atoms with E-state index in [4.69, 9.17) is 5.73 Å². The Labute approximate surface area is 151 Å². The normalized spacial score (nSPS) is 14.8. The highest BCUT2D eigenvalue weighted by Crippen LogP contribution is 2.28. The van der Waals surface area contributed by atoms with Gasteiger partial charge in [0.1, 0.15) is 0 Å². The zero-order valence-corrected chi connectivity index (χ0v) is 15.4. The highest BCUT2D eigenvalue weighted by molar-refractivity contribution is 9.10. The molecule has 1 fully saturated rings. The topological polar surface area (TPSA) is 58.4 Å². The Morgan fingerprint density at radius 1 is 1.25 bits per heavy atom. The SMILES string of the molecule is Cc1cc(Br)cc(NC(=O)c2cccc(CN3CCCC3)c2)c1N. The fraction of sp³-hybridized carbons (Fsp3) is 0.316. The molecule has 0 spiro atoms. The number of carbonyl (C=O) groups is 1. The van der Waals surface area contributed by atoms with Crippen molar-refractivity contribution in [3.05, 3.63) is 57.6 Å². The van der Waals surface area contributed by atoms with Crippen LogP contribution in [0, 0.1) is 6.92 Å². The van der Waals surface area contributed by atoms with Crippen LogP contribution in [-0.2, 0) is 6.54 Å². The first-order chi connectivity index (χ1) is 11.5. The van der Waals surface area contributed by atoms with Gasteiger partial charge in [-0.1, -0.05) is 28.1 Å². The summed E-state index contributed by atoms with van der Waals surface area (Å²) in [6.07, 6.45) is 2.53. The summed E-state index contributed by atoms with van der Waals surface area (Å²) in [5.41, 5.74) is 10.1. The highest BCUT2D eigenvalue weighted by Gasteiger charge is 2.14. The lowest BCUT2D eigenvalue weighted by Crippen LogP contribution is -2.19. The molecule has 0 saturated carbocycles. The van der Waals surface area contributed by atoms with E-state index in [1.807, 2.05) is 37.3 Å². The fourth-order valence-corrected chi connectivity index (χ4v) is 3.63. The van der Waals surface area contributed by atoms with Crippen molar-refractivity contribution in [3.8, 4) is 0 Å². The number of anilines is 2. The number of benzene rings is 2. The predicted molar refractivity (Wildman–Crippen MR) is 102 cm³/mol. The van der Waals surface area contributed by atoms with Gasteiger partial charge in [-0.05, 0) is 68.2 Å². The van der Waals surface area contributed by atoms with Gasteiger partial charge in [-0.25, -0.2) is 0 Å². The van der Waals surface area contributed by atoms with Gasteiger partial charge in [0, 0.05) is 16.6 Å². The quantitative estimate of drug-likeness (QED) is 0.773. The Morgan fingerprint density at radius 3 is 2.75 bits per heavy atom. The summed E-state index contributed by atoms with van der Waals surface area (Å²) >= 11 is 3.44. The van der Waals surface area contributed by atoms with Crippen LogP contribution in [0.5, 0.6) is 0 Å². The van der Waals surface area contributed by atoms with Crippen molar-refractivity contribution >= 4 is 33.2 Å². The molecule has 3 N–H and O–H groups in total. The molecule has 5 heteroatoms. The van der Waals surface area contributed by atoms with Crippen molar-refractivity contribution in [1.82, 2.24) is 4.90 Å².